The van der Waals surface area contributed by atoms with Gasteiger partial charge in [0.2, 0.25) is 11.8 Å². The van der Waals surface area contributed by atoms with Gasteiger partial charge in [-0.25, -0.2) is 4.98 Å². The molecule has 9 heteroatoms. The van der Waals surface area contributed by atoms with Gasteiger partial charge < -0.3 is 14.8 Å². The Balaban J connectivity index is 1.25. The largest absolute Gasteiger partial charge is 0.339 e. The van der Waals surface area contributed by atoms with Gasteiger partial charge in [0.1, 0.15) is 10.7 Å². The van der Waals surface area contributed by atoms with E-state index in [-0.39, 0.29) is 17.4 Å². The first kappa shape index (κ1) is 22.3. The molecule has 0 spiro atoms. The molecule has 2 aliphatic rings. The van der Waals surface area contributed by atoms with E-state index in [0.29, 0.717) is 55.8 Å². The zero-order valence-corrected chi connectivity index (χ0v) is 19.9. The van der Waals surface area contributed by atoms with Crippen molar-refractivity contribution in [3.8, 4) is 0 Å². The predicted octanol–water partition coefficient (Wildman–Crippen LogP) is 2.81. The quantitative estimate of drug-likeness (QED) is 0.684. The number of hydrogen-bond acceptors (Lipinski definition) is 6. The van der Waals surface area contributed by atoms with Gasteiger partial charge in [-0.3, -0.25) is 14.4 Å². The van der Waals surface area contributed by atoms with Crippen LogP contribution in [0.5, 0.6) is 0 Å². The maximum atomic E-state index is 12.6. The van der Waals surface area contributed by atoms with E-state index in [4.69, 9.17) is 0 Å². The number of thiophene rings is 1. The fourth-order valence-electron chi connectivity index (χ4n) is 4.22. The number of hydrogen-bond donors (Lipinski definition) is 1. The molecule has 0 aromatic carbocycles. The monoisotopic (exact) mass is 462 g/mol. The van der Waals surface area contributed by atoms with Gasteiger partial charge in [0, 0.05) is 37.5 Å². The van der Waals surface area contributed by atoms with Crippen LogP contribution in [0.4, 0.5) is 0 Å². The van der Waals surface area contributed by atoms with Crippen molar-refractivity contribution in [2.75, 3.05) is 31.9 Å². The SMILES string of the molecule is CC(C)CCC(=O)N1CCN(C(=O)CSCc2nc3sc4c(c3c(=O)[nH]2)CCC4)CC1. The molecular formula is C22H30N4O3S2. The van der Waals surface area contributed by atoms with Crippen molar-refractivity contribution >= 4 is 45.1 Å². The van der Waals surface area contributed by atoms with E-state index in [1.54, 1.807) is 11.3 Å². The van der Waals surface area contributed by atoms with Crippen molar-refractivity contribution in [1.82, 2.24) is 19.8 Å². The Morgan fingerprint density at radius 1 is 1.13 bits per heavy atom. The Morgan fingerprint density at radius 2 is 1.84 bits per heavy atom. The van der Waals surface area contributed by atoms with Crippen molar-refractivity contribution in [3.05, 3.63) is 26.6 Å². The van der Waals surface area contributed by atoms with E-state index in [0.717, 1.165) is 35.9 Å². The van der Waals surface area contributed by atoms with Gasteiger partial charge in [0.25, 0.3) is 5.56 Å². The molecule has 0 unspecified atom stereocenters. The summed E-state index contributed by atoms with van der Waals surface area (Å²) in [7, 11) is 0. The third kappa shape index (κ3) is 5.14. The number of carbonyl (C=O) groups excluding carboxylic acids is 2. The number of aromatic amines is 1. The minimum absolute atomic E-state index is 0.0513. The average molecular weight is 463 g/mol. The molecule has 3 heterocycles. The van der Waals surface area contributed by atoms with Gasteiger partial charge in [-0.15, -0.1) is 23.1 Å². The first-order valence-corrected chi connectivity index (χ1v) is 13.1. The number of nitrogens with zero attached hydrogens (tertiary/aromatic N) is 3. The minimum atomic E-state index is -0.0513. The highest BCUT2D eigenvalue weighted by atomic mass is 32.2. The number of rotatable bonds is 7. The lowest BCUT2D eigenvalue weighted by Crippen LogP contribution is -2.51. The molecule has 0 radical (unpaired) electrons. The predicted molar refractivity (Wildman–Crippen MR) is 126 cm³/mol. The first-order chi connectivity index (χ1) is 14.9. The van der Waals surface area contributed by atoms with Crippen LogP contribution in [0.25, 0.3) is 10.2 Å². The topological polar surface area (TPSA) is 86.4 Å². The number of fused-ring (bicyclic) bond motifs is 3. The summed E-state index contributed by atoms with van der Waals surface area (Å²) in [6, 6.07) is 0. The van der Waals surface area contributed by atoms with Gasteiger partial charge in [-0.2, -0.15) is 0 Å². The molecule has 1 aliphatic carbocycles. The lowest BCUT2D eigenvalue weighted by Gasteiger charge is -2.35. The number of thioether (sulfide) groups is 1. The molecule has 0 atom stereocenters. The summed E-state index contributed by atoms with van der Waals surface area (Å²) in [4.78, 5) is 50.7. The van der Waals surface area contributed by atoms with Crippen molar-refractivity contribution in [2.45, 2.75) is 51.7 Å². The van der Waals surface area contributed by atoms with Gasteiger partial charge in [0.05, 0.1) is 16.9 Å². The van der Waals surface area contributed by atoms with Crippen LogP contribution in [0.3, 0.4) is 0 Å². The second kappa shape index (κ2) is 9.73. The Labute approximate surface area is 190 Å². The van der Waals surface area contributed by atoms with E-state index >= 15 is 0 Å². The second-order valence-corrected chi connectivity index (χ2v) is 10.8. The highest BCUT2D eigenvalue weighted by Gasteiger charge is 2.24. The average Bonchev–Trinajstić information content (AvgIpc) is 3.33. The smallest absolute Gasteiger partial charge is 0.259 e. The van der Waals surface area contributed by atoms with E-state index < -0.39 is 0 Å². The summed E-state index contributed by atoms with van der Waals surface area (Å²) in [6.07, 6.45) is 4.63. The summed E-state index contributed by atoms with van der Waals surface area (Å²) < 4.78 is 0. The van der Waals surface area contributed by atoms with Crippen LogP contribution >= 0.6 is 23.1 Å². The number of H-pyrrole nitrogens is 1. The normalized spacial score (nSPS) is 16.4. The van der Waals surface area contributed by atoms with E-state index in [1.807, 2.05) is 9.80 Å². The highest BCUT2D eigenvalue weighted by molar-refractivity contribution is 7.99. The maximum absolute atomic E-state index is 12.6. The maximum Gasteiger partial charge on any atom is 0.259 e. The van der Waals surface area contributed by atoms with Gasteiger partial charge in [-0.1, -0.05) is 13.8 Å². The number of carbonyl (C=O) groups is 2. The van der Waals surface area contributed by atoms with Crippen LogP contribution in [0, 0.1) is 5.92 Å². The van der Waals surface area contributed by atoms with E-state index in [2.05, 4.69) is 23.8 Å². The Bertz CT molecular complexity index is 1020. The van der Waals surface area contributed by atoms with Crippen LogP contribution in [-0.2, 0) is 28.2 Å². The summed E-state index contributed by atoms with van der Waals surface area (Å²) in [5, 5.41) is 0.767. The molecule has 1 N–H and O–H groups in total. The Morgan fingerprint density at radius 3 is 2.55 bits per heavy atom. The molecule has 2 amide bonds. The first-order valence-electron chi connectivity index (χ1n) is 11.1. The van der Waals surface area contributed by atoms with Crippen molar-refractivity contribution in [3.63, 3.8) is 0 Å². The molecular weight excluding hydrogens is 432 g/mol. The van der Waals surface area contributed by atoms with Crippen LogP contribution in [0.2, 0.25) is 0 Å². The van der Waals surface area contributed by atoms with E-state index in [9.17, 15) is 14.4 Å². The van der Waals surface area contributed by atoms with Gasteiger partial charge in [-0.05, 0) is 37.2 Å². The number of nitrogens with one attached hydrogen (secondary N) is 1. The van der Waals surface area contributed by atoms with Gasteiger partial charge in [0.15, 0.2) is 0 Å². The number of aromatic nitrogens is 2. The van der Waals surface area contributed by atoms with Crippen LogP contribution in [0.1, 0.15) is 49.4 Å². The summed E-state index contributed by atoms with van der Waals surface area (Å²) >= 11 is 3.11. The van der Waals surface area contributed by atoms with Crippen molar-refractivity contribution < 1.29 is 9.59 Å². The molecule has 1 aliphatic heterocycles. The molecule has 7 nitrogen and oxygen atoms in total. The summed E-state index contributed by atoms with van der Waals surface area (Å²) in [5.74, 6) is 2.29. The summed E-state index contributed by atoms with van der Waals surface area (Å²) in [6.45, 7) is 6.65. The van der Waals surface area contributed by atoms with Crippen LogP contribution in [0.15, 0.2) is 4.79 Å². The number of piperazine rings is 1. The highest BCUT2D eigenvalue weighted by Crippen LogP contribution is 2.34. The second-order valence-electron chi connectivity index (χ2n) is 8.74. The van der Waals surface area contributed by atoms with Crippen LogP contribution < -0.4 is 5.56 Å². The molecule has 1 fully saturated rings. The molecule has 0 bridgehead atoms. The molecule has 31 heavy (non-hydrogen) atoms. The molecule has 0 saturated carbocycles. The fourth-order valence-corrected chi connectivity index (χ4v) is 6.29. The number of amides is 2. The van der Waals surface area contributed by atoms with Crippen LogP contribution in [-0.4, -0.2) is 63.5 Å². The Kier molecular flexibility index (Phi) is 7.01. The molecule has 1 saturated heterocycles. The molecule has 168 valence electrons. The standard InChI is InChI=1S/C22H30N4O3S2/c1-14(2)6-7-18(27)25-8-10-26(11-9-25)19(28)13-30-12-17-23-21(29)20-15-4-3-5-16(15)31-22(20)24-17/h14H,3-13H2,1-2H3,(H,23,24,29). The van der Waals surface area contributed by atoms with Crippen molar-refractivity contribution in [1.29, 1.82) is 0 Å². The molecule has 2 aromatic heterocycles. The lowest BCUT2D eigenvalue weighted by atomic mass is 10.1. The third-order valence-corrected chi connectivity index (χ3v) is 8.12. The fraction of sp³-hybridized carbons (Fsp3) is 0.636. The summed E-state index contributed by atoms with van der Waals surface area (Å²) in [5.41, 5.74) is 1.13. The van der Waals surface area contributed by atoms with E-state index in [1.165, 1.54) is 22.2 Å². The zero-order chi connectivity index (χ0) is 22.0. The van der Waals surface area contributed by atoms with Crippen molar-refractivity contribution in [2.24, 2.45) is 5.92 Å². The molecule has 2 aromatic rings. The van der Waals surface area contributed by atoms with Gasteiger partial charge >= 0.3 is 0 Å². The minimum Gasteiger partial charge on any atom is -0.339 e. The number of aryl methyl sites for hydroxylation is 2. The Hall–Kier alpha value is -1.87. The third-order valence-electron chi connectivity index (χ3n) is 6.01. The lowest BCUT2D eigenvalue weighted by molar-refractivity contribution is -0.138. The zero-order valence-electron chi connectivity index (χ0n) is 18.2. The molecule has 4 rings (SSSR count).